The molecule has 0 aromatic rings. The molecular formula is C11H22F3NO2. The van der Waals surface area contributed by atoms with Crippen molar-refractivity contribution in [2.24, 2.45) is 0 Å². The molecule has 0 saturated carbocycles. The van der Waals surface area contributed by atoms with Gasteiger partial charge in [0.2, 0.25) is 0 Å². The third kappa shape index (κ3) is 8.40. The lowest BCUT2D eigenvalue weighted by Crippen LogP contribution is -2.42. The molecule has 1 unspecified atom stereocenters. The van der Waals surface area contributed by atoms with Crippen molar-refractivity contribution in [3.63, 3.8) is 0 Å². The van der Waals surface area contributed by atoms with E-state index in [2.05, 4.69) is 5.32 Å². The van der Waals surface area contributed by atoms with Gasteiger partial charge in [0.05, 0.1) is 6.04 Å². The van der Waals surface area contributed by atoms with Crippen molar-refractivity contribution in [1.82, 2.24) is 5.32 Å². The van der Waals surface area contributed by atoms with Gasteiger partial charge in [0, 0.05) is 20.6 Å². The molecule has 17 heavy (non-hydrogen) atoms. The largest absolute Gasteiger partial charge is 0.389 e. The fourth-order valence-electron chi connectivity index (χ4n) is 1.61. The first kappa shape index (κ1) is 16.7. The Morgan fingerprint density at radius 2 is 1.76 bits per heavy atom. The van der Waals surface area contributed by atoms with Crippen molar-refractivity contribution in [2.75, 3.05) is 20.8 Å². The zero-order chi connectivity index (χ0) is 13.3. The second-order valence-corrected chi connectivity index (χ2v) is 3.91. The molecule has 0 aromatic carbocycles. The summed E-state index contributed by atoms with van der Waals surface area (Å²) in [6.07, 6.45) is -3.99. The first-order chi connectivity index (χ1) is 7.94. The molecule has 0 heterocycles. The molecule has 0 radical (unpaired) electrons. The highest BCUT2D eigenvalue weighted by atomic mass is 19.4. The molecule has 104 valence electrons. The van der Waals surface area contributed by atoms with Crippen LogP contribution in [0.5, 0.6) is 0 Å². The van der Waals surface area contributed by atoms with Crippen LogP contribution in [-0.2, 0) is 9.47 Å². The van der Waals surface area contributed by atoms with Gasteiger partial charge in [-0.25, -0.2) is 0 Å². The zero-order valence-electron chi connectivity index (χ0n) is 10.6. The topological polar surface area (TPSA) is 30.5 Å². The smallest absolute Gasteiger partial charge is 0.354 e. The number of alkyl halides is 3. The van der Waals surface area contributed by atoms with E-state index >= 15 is 0 Å². The Balaban J connectivity index is 4.09. The molecular weight excluding hydrogens is 235 g/mol. The molecule has 0 amide bonds. The van der Waals surface area contributed by atoms with E-state index in [0.717, 1.165) is 13.0 Å². The summed E-state index contributed by atoms with van der Waals surface area (Å²) in [5.74, 6) is 0. The maximum Gasteiger partial charge on any atom is 0.389 e. The van der Waals surface area contributed by atoms with Crippen molar-refractivity contribution < 1.29 is 22.6 Å². The average molecular weight is 257 g/mol. The lowest BCUT2D eigenvalue weighted by atomic mass is 10.1. The van der Waals surface area contributed by atoms with Gasteiger partial charge in [-0.1, -0.05) is 6.92 Å². The number of ether oxygens (including phenoxy) is 2. The predicted octanol–water partition coefficient (Wildman–Crippen LogP) is 2.71. The second kappa shape index (κ2) is 8.72. The standard InChI is InChI=1S/C11H22F3NO2/c1-4-8-15-9(10(16-2)17-3)6-5-7-11(12,13)14/h9-10,15H,4-8H2,1-3H3. The number of hydrogen-bond acceptors (Lipinski definition) is 3. The van der Waals surface area contributed by atoms with Gasteiger partial charge in [-0.3, -0.25) is 0 Å². The third-order valence-corrected chi connectivity index (χ3v) is 2.43. The monoisotopic (exact) mass is 257 g/mol. The fraction of sp³-hybridized carbons (Fsp3) is 1.00. The average Bonchev–Trinajstić information content (AvgIpc) is 2.25. The lowest BCUT2D eigenvalue weighted by molar-refractivity contribution is -0.142. The maximum atomic E-state index is 12.0. The Morgan fingerprint density at radius 1 is 1.18 bits per heavy atom. The second-order valence-electron chi connectivity index (χ2n) is 3.91. The van der Waals surface area contributed by atoms with E-state index in [1.54, 1.807) is 0 Å². The predicted molar refractivity (Wildman–Crippen MR) is 59.8 cm³/mol. The normalized spacial score (nSPS) is 14.3. The van der Waals surface area contributed by atoms with Crippen molar-refractivity contribution in [2.45, 2.75) is 51.1 Å². The molecule has 3 nitrogen and oxygen atoms in total. The Bertz CT molecular complexity index is 184. The van der Waals surface area contributed by atoms with Crippen LogP contribution in [0.25, 0.3) is 0 Å². The number of methoxy groups -OCH3 is 2. The summed E-state index contributed by atoms with van der Waals surface area (Å²) < 4.78 is 46.3. The highest BCUT2D eigenvalue weighted by Gasteiger charge is 2.28. The van der Waals surface area contributed by atoms with Crippen LogP contribution in [0.4, 0.5) is 13.2 Å². The minimum absolute atomic E-state index is 0.0775. The summed E-state index contributed by atoms with van der Waals surface area (Å²) in [5.41, 5.74) is 0. The van der Waals surface area contributed by atoms with E-state index in [9.17, 15) is 13.2 Å². The van der Waals surface area contributed by atoms with Crippen LogP contribution in [0.1, 0.15) is 32.6 Å². The van der Waals surface area contributed by atoms with Crippen LogP contribution in [0.2, 0.25) is 0 Å². The minimum Gasteiger partial charge on any atom is -0.354 e. The first-order valence-electron chi connectivity index (χ1n) is 5.80. The summed E-state index contributed by atoms with van der Waals surface area (Å²) >= 11 is 0. The first-order valence-corrected chi connectivity index (χ1v) is 5.80. The van der Waals surface area contributed by atoms with Crippen molar-refractivity contribution in [3.05, 3.63) is 0 Å². The van der Waals surface area contributed by atoms with E-state index in [4.69, 9.17) is 9.47 Å². The Morgan fingerprint density at radius 3 is 2.18 bits per heavy atom. The van der Waals surface area contributed by atoms with Crippen LogP contribution >= 0.6 is 0 Å². The van der Waals surface area contributed by atoms with Crippen LogP contribution < -0.4 is 5.32 Å². The summed E-state index contributed by atoms with van der Waals surface area (Å²) in [6, 6.07) is -0.202. The van der Waals surface area contributed by atoms with Gasteiger partial charge in [0.25, 0.3) is 0 Å². The molecule has 0 rings (SSSR count). The molecule has 0 aliphatic carbocycles. The Labute approximate surface area is 101 Å². The van der Waals surface area contributed by atoms with E-state index in [1.807, 2.05) is 6.92 Å². The van der Waals surface area contributed by atoms with Crippen LogP contribution in [-0.4, -0.2) is 39.3 Å². The number of nitrogens with one attached hydrogen (secondary N) is 1. The molecule has 0 aliphatic rings. The minimum atomic E-state index is -4.09. The van der Waals surface area contributed by atoms with Crippen molar-refractivity contribution in [1.29, 1.82) is 0 Å². The molecule has 0 aliphatic heterocycles. The zero-order valence-corrected chi connectivity index (χ0v) is 10.6. The van der Waals surface area contributed by atoms with Crippen molar-refractivity contribution >= 4 is 0 Å². The molecule has 0 saturated heterocycles. The van der Waals surface area contributed by atoms with Gasteiger partial charge in [0.1, 0.15) is 0 Å². The van der Waals surface area contributed by atoms with Gasteiger partial charge in [0.15, 0.2) is 6.29 Å². The van der Waals surface area contributed by atoms with Crippen LogP contribution in [0.15, 0.2) is 0 Å². The van der Waals surface area contributed by atoms with Gasteiger partial charge in [-0.05, 0) is 25.8 Å². The molecule has 1 atom stereocenters. The molecule has 0 fully saturated rings. The number of hydrogen-bond donors (Lipinski definition) is 1. The van der Waals surface area contributed by atoms with Gasteiger partial charge in [-0.15, -0.1) is 0 Å². The van der Waals surface area contributed by atoms with E-state index in [1.165, 1.54) is 14.2 Å². The third-order valence-electron chi connectivity index (χ3n) is 2.43. The van der Waals surface area contributed by atoms with Gasteiger partial charge >= 0.3 is 6.18 Å². The van der Waals surface area contributed by atoms with Crippen LogP contribution in [0, 0.1) is 0 Å². The van der Waals surface area contributed by atoms with E-state index in [0.29, 0.717) is 6.42 Å². The SMILES string of the molecule is CCCNC(CCCC(F)(F)F)C(OC)OC. The summed E-state index contributed by atoms with van der Waals surface area (Å²) in [4.78, 5) is 0. The quantitative estimate of drug-likeness (QED) is 0.644. The highest BCUT2D eigenvalue weighted by Crippen LogP contribution is 2.23. The van der Waals surface area contributed by atoms with Crippen LogP contribution in [0.3, 0.4) is 0 Å². The fourth-order valence-corrected chi connectivity index (χ4v) is 1.61. The molecule has 0 spiro atoms. The summed E-state index contributed by atoms with van der Waals surface area (Å²) in [6.45, 7) is 2.73. The Kier molecular flexibility index (Phi) is 8.55. The lowest BCUT2D eigenvalue weighted by Gasteiger charge is -2.26. The van der Waals surface area contributed by atoms with E-state index < -0.39 is 18.9 Å². The van der Waals surface area contributed by atoms with Crippen molar-refractivity contribution in [3.8, 4) is 0 Å². The molecule has 6 heteroatoms. The summed E-state index contributed by atoms with van der Waals surface area (Å²) in [5, 5.41) is 3.14. The van der Waals surface area contributed by atoms with Gasteiger partial charge in [-0.2, -0.15) is 13.2 Å². The molecule has 1 N–H and O–H groups in total. The Hall–Kier alpha value is -0.330. The van der Waals surface area contributed by atoms with E-state index in [-0.39, 0.29) is 12.5 Å². The highest BCUT2D eigenvalue weighted by molar-refractivity contribution is 4.71. The molecule has 0 aromatic heterocycles. The number of rotatable bonds is 9. The summed E-state index contributed by atoms with van der Waals surface area (Å²) in [7, 11) is 2.97. The molecule has 0 bridgehead atoms. The number of halogens is 3. The maximum absolute atomic E-state index is 12.0. The van der Waals surface area contributed by atoms with Gasteiger partial charge < -0.3 is 14.8 Å².